The number of amides is 1. The van der Waals surface area contributed by atoms with Gasteiger partial charge in [0.25, 0.3) is 16.1 Å². The van der Waals surface area contributed by atoms with Crippen LogP contribution in [0.3, 0.4) is 0 Å². The maximum absolute atomic E-state index is 13.0. The molecule has 0 radical (unpaired) electrons. The molecule has 4 N–H and O–H groups in total. The van der Waals surface area contributed by atoms with Crippen LogP contribution in [0.15, 0.2) is 10.6 Å². The number of carboxylic acid groups (broad SMARTS) is 1. The van der Waals surface area contributed by atoms with Gasteiger partial charge in [0.05, 0.1) is 0 Å². The van der Waals surface area contributed by atoms with Gasteiger partial charge in [0.15, 0.2) is 5.69 Å². The van der Waals surface area contributed by atoms with Gasteiger partial charge in [-0.3, -0.25) is 4.79 Å². The summed E-state index contributed by atoms with van der Waals surface area (Å²) in [5.41, 5.74) is 6.19. The maximum Gasteiger partial charge on any atom is 0.490 e. The molecule has 0 spiro atoms. The Bertz CT molecular complexity index is 1010. The van der Waals surface area contributed by atoms with Crippen molar-refractivity contribution in [1.29, 1.82) is 0 Å². The van der Waals surface area contributed by atoms with Crippen molar-refractivity contribution in [2.24, 2.45) is 5.73 Å². The second-order valence-corrected chi connectivity index (χ2v) is 11.0. The zero-order chi connectivity index (χ0) is 26.0. The second-order valence-electron chi connectivity index (χ2n) is 9.09. The number of hydrogen-bond acceptors (Lipinski definition) is 7. The fourth-order valence-electron chi connectivity index (χ4n) is 4.10. The summed E-state index contributed by atoms with van der Waals surface area (Å²) >= 11 is 0. The Morgan fingerprint density at radius 1 is 1.17 bits per heavy atom. The minimum Gasteiger partial charge on any atom is -0.475 e. The molecule has 1 aromatic rings. The number of hydrogen-bond donors (Lipinski definition) is 3. The van der Waals surface area contributed by atoms with Gasteiger partial charge in [0.1, 0.15) is 5.76 Å². The number of aromatic nitrogens is 1. The largest absolute Gasteiger partial charge is 0.490 e. The van der Waals surface area contributed by atoms with E-state index in [0.29, 0.717) is 56.9 Å². The lowest BCUT2D eigenvalue weighted by molar-refractivity contribution is -0.192. The molecule has 2 aliphatic heterocycles. The topological polar surface area (TPSA) is 159 Å². The first kappa shape index (κ1) is 27.4. The molecule has 1 amide bonds. The first-order valence-corrected chi connectivity index (χ1v) is 12.8. The van der Waals surface area contributed by atoms with Crippen molar-refractivity contribution in [1.82, 2.24) is 19.1 Å². The van der Waals surface area contributed by atoms with E-state index in [9.17, 15) is 26.4 Å². The highest BCUT2D eigenvalue weighted by Gasteiger charge is 2.39. The van der Waals surface area contributed by atoms with E-state index in [1.807, 2.05) is 6.92 Å². The average Bonchev–Trinajstić information content (AvgIpc) is 3.50. The molecule has 2 saturated heterocycles. The quantitative estimate of drug-likeness (QED) is 0.521. The molecule has 11 nitrogen and oxygen atoms in total. The maximum atomic E-state index is 13.0. The van der Waals surface area contributed by atoms with E-state index in [2.05, 4.69) is 10.5 Å². The molecular weight excluding hydrogens is 495 g/mol. The molecule has 4 rings (SSSR count). The fraction of sp³-hybridized carbons (Fsp3) is 0.750. The Kier molecular flexibility index (Phi) is 8.44. The standard InChI is InChI=1S/C18H29N5O4S.C2HF3O2/c1-12-10-15(20-18(24)16-11-17(27-21-16)13-2-3-13)6-9-23(12)28(25,26)22-7-4-14(19)5-8-22;3-2(4,5)1(6)7/h11-15H,2-10,19H2,1H3,(H,20,24);(H,6,7)/t12-,15-;/m0./s1. The lowest BCUT2D eigenvalue weighted by Crippen LogP contribution is -2.56. The van der Waals surface area contributed by atoms with Crippen LogP contribution in [0.4, 0.5) is 13.2 Å². The molecule has 2 atom stereocenters. The number of nitrogens with two attached hydrogens (primary N) is 1. The van der Waals surface area contributed by atoms with Crippen molar-refractivity contribution in [2.45, 2.75) is 75.7 Å². The Labute approximate surface area is 201 Å². The van der Waals surface area contributed by atoms with E-state index in [4.69, 9.17) is 20.2 Å². The molecule has 3 aliphatic rings. The Morgan fingerprint density at radius 2 is 1.77 bits per heavy atom. The normalized spacial score (nSPS) is 24.9. The van der Waals surface area contributed by atoms with Crippen molar-refractivity contribution < 1.29 is 40.8 Å². The van der Waals surface area contributed by atoms with E-state index in [1.165, 1.54) is 0 Å². The predicted molar refractivity (Wildman–Crippen MR) is 117 cm³/mol. The van der Waals surface area contributed by atoms with Gasteiger partial charge in [0.2, 0.25) is 0 Å². The molecule has 35 heavy (non-hydrogen) atoms. The lowest BCUT2D eigenvalue weighted by Gasteiger charge is -2.40. The van der Waals surface area contributed by atoms with Gasteiger partial charge in [-0.15, -0.1) is 0 Å². The Hall–Kier alpha value is -2.23. The van der Waals surface area contributed by atoms with Gasteiger partial charge in [0, 0.05) is 49.7 Å². The second kappa shape index (κ2) is 10.8. The van der Waals surface area contributed by atoms with Crippen LogP contribution in [-0.2, 0) is 15.0 Å². The molecule has 0 unspecified atom stereocenters. The smallest absolute Gasteiger partial charge is 0.475 e. The third-order valence-electron chi connectivity index (χ3n) is 6.25. The SMILES string of the molecule is C[C@H]1C[C@@H](NC(=O)c2cc(C3CC3)on2)CCN1S(=O)(=O)N1CCC(N)CC1.O=C(O)C(F)(F)F. The average molecular weight is 526 g/mol. The van der Waals surface area contributed by atoms with Gasteiger partial charge < -0.3 is 20.7 Å². The summed E-state index contributed by atoms with van der Waals surface area (Å²) < 4.78 is 66.0. The third-order valence-corrected chi connectivity index (χ3v) is 8.41. The highest BCUT2D eigenvalue weighted by atomic mass is 32.2. The highest BCUT2D eigenvalue weighted by Crippen LogP contribution is 2.40. The van der Waals surface area contributed by atoms with Gasteiger partial charge in [-0.1, -0.05) is 5.16 Å². The Morgan fingerprint density at radius 3 is 2.29 bits per heavy atom. The molecule has 15 heteroatoms. The summed E-state index contributed by atoms with van der Waals surface area (Å²) in [7, 11) is -3.49. The third kappa shape index (κ3) is 7.15. The number of nitrogens with zero attached hydrogens (tertiary/aromatic N) is 3. The molecule has 1 aliphatic carbocycles. The van der Waals surface area contributed by atoms with Crippen LogP contribution in [0.25, 0.3) is 0 Å². The summed E-state index contributed by atoms with van der Waals surface area (Å²) in [6.45, 7) is 3.24. The van der Waals surface area contributed by atoms with E-state index >= 15 is 0 Å². The number of rotatable bonds is 5. The summed E-state index contributed by atoms with van der Waals surface area (Å²) in [6.07, 6.45) is -0.365. The van der Waals surface area contributed by atoms with Crippen LogP contribution in [0.5, 0.6) is 0 Å². The summed E-state index contributed by atoms with van der Waals surface area (Å²) in [5, 5.41) is 14.0. The molecule has 1 saturated carbocycles. The molecular formula is C20H30F3N5O6S. The van der Waals surface area contributed by atoms with E-state index in [0.717, 1.165) is 18.6 Å². The van der Waals surface area contributed by atoms with Crippen molar-refractivity contribution in [3.8, 4) is 0 Å². The van der Waals surface area contributed by atoms with Crippen LogP contribution in [0.2, 0.25) is 0 Å². The number of aliphatic carboxylic acids is 1. The van der Waals surface area contributed by atoms with Crippen molar-refractivity contribution in [2.75, 3.05) is 19.6 Å². The van der Waals surface area contributed by atoms with Crippen molar-refractivity contribution in [3.63, 3.8) is 0 Å². The Balaban J connectivity index is 0.000000429. The number of carbonyl (C=O) groups is 2. The summed E-state index contributed by atoms with van der Waals surface area (Å²) in [5.74, 6) is -1.82. The van der Waals surface area contributed by atoms with E-state index in [-0.39, 0.29) is 24.0 Å². The van der Waals surface area contributed by atoms with E-state index in [1.54, 1.807) is 14.7 Å². The van der Waals surface area contributed by atoms with Crippen LogP contribution in [0.1, 0.15) is 67.6 Å². The van der Waals surface area contributed by atoms with Crippen molar-refractivity contribution >= 4 is 22.1 Å². The molecule has 3 fully saturated rings. The minimum absolute atomic E-state index is 0.0789. The lowest BCUT2D eigenvalue weighted by atomic mass is 10.0. The first-order valence-electron chi connectivity index (χ1n) is 11.4. The zero-order valence-electron chi connectivity index (χ0n) is 19.2. The first-order chi connectivity index (χ1) is 16.3. The zero-order valence-corrected chi connectivity index (χ0v) is 20.0. The number of piperidine rings is 2. The fourth-order valence-corrected chi connectivity index (χ4v) is 5.94. The molecule has 0 bridgehead atoms. The molecule has 0 aromatic carbocycles. The molecule has 1 aromatic heterocycles. The number of carboxylic acids is 1. The summed E-state index contributed by atoms with van der Waals surface area (Å²) in [6, 6.07) is 1.54. The van der Waals surface area contributed by atoms with Crippen LogP contribution < -0.4 is 11.1 Å². The van der Waals surface area contributed by atoms with Crippen LogP contribution in [0, 0.1) is 0 Å². The predicted octanol–water partition coefficient (Wildman–Crippen LogP) is 1.44. The highest BCUT2D eigenvalue weighted by molar-refractivity contribution is 7.86. The molecule has 3 heterocycles. The van der Waals surface area contributed by atoms with Gasteiger partial charge in [-0.2, -0.15) is 30.2 Å². The van der Waals surface area contributed by atoms with E-state index < -0.39 is 22.4 Å². The van der Waals surface area contributed by atoms with Crippen LogP contribution >= 0.6 is 0 Å². The summed E-state index contributed by atoms with van der Waals surface area (Å²) in [4.78, 5) is 21.3. The number of alkyl halides is 3. The van der Waals surface area contributed by atoms with Gasteiger partial charge in [-0.05, 0) is 45.4 Å². The minimum atomic E-state index is -5.08. The van der Waals surface area contributed by atoms with Gasteiger partial charge in [-0.25, -0.2) is 4.79 Å². The van der Waals surface area contributed by atoms with Crippen LogP contribution in [-0.4, -0.2) is 83.1 Å². The number of carbonyl (C=O) groups excluding carboxylic acids is 1. The molecule has 198 valence electrons. The van der Waals surface area contributed by atoms with Gasteiger partial charge >= 0.3 is 12.1 Å². The number of nitrogens with one attached hydrogen (secondary N) is 1. The van der Waals surface area contributed by atoms with Crippen molar-refractivity contribution in [3.05, 3.63) is 17.5 Å². The number of halogens is 3. The monoisotopic (exact) mass is 525 g/mol.